The molecule has 0 spiro atoms. The molecule has 1 atom stereocenters. The first-order valence-electron chi connectivity index (χ1n) is 7.01. The molecule has 1 aliphatic carbocycles. The van der Waals surface area contributed by atoms with Gasteiger partial charge in [0.25, 0.3) is 0 Å². The summed E-state index contributed by atoms with van der Waals surface area (Å²) in [5, 5.41) is 12.9. The molecule has 0 radical (unpaired) electrons. The van der Waals surface area contributed by atoms with E-state index in [0.29, 0.717) is 12.4 Å². The van der Waals surface area contributed by atoms with Crippen LogP contribution in [0, 0.1) is 11.6 Å². The summed E-state index contributed by atoms with van der Waals surface area (Å²) in [4.78, 5) is 0. The van der Waals surface area contributed by atoms with E-state index in [0.717, 1.165) is 37.8 Å². The Kier molecular flexibility index (Phi) is 4.94. The molecule has 0 heterocycles. The molecule has 0 amide bonds. The van der Waals surface area contributed by atoms with Gasteiger partial charge in [-0.3, -0.25) is 0 Å². The number of benzene rings is 1. The monoisotopic (exact) mass is 285 g/mol. The second kappa shape index (κ2) is 6.50. The number of aliphatic hydroxyl groups excluding tert-OH is 1. The van der Waals surface area contributed by atoms with Gasteiger partial charge < -0.3 is 15.2 Å². The topological polar surface area (TPSA) is 41.5 Å². The maximum absolute atomic E-state index is 13.0. The number of nitrogens with one attached hydrogen (secondary N) is 1. The van der Waals surface area contributed by atoms with E-state index in [4.69, 9.17) is 4.74 Å². The third kappa shape index (κ3) is 3.67. The normalized spacial score (nSPS) is 19.0. The van der Waals surface area contributed by atoms with E-state index in [2.05, 4.69) is 5.32 Å². The molecule has 1 aromatic carbocycles. The minimum absolute atomic E-state index is 0.0216. The molecule has 112 valence electrons. The fraction of sp³-hybridized carbons (Fsp3) is 0.600. The van der Waals surface area contributed by atoms with Gasteiger partial charge in [-0.1, -0.05) is 12.8 Å². The first-order chi connectivity index (χ1) is 9.54. The van der Waals surface area contributed by atoms with Crippen molar-refractivity contribution >= 4 is 0 Å². The lowest BCUT2D eigenvalue weighted by Crippen LogP contribution is -2.51. The largest absolute Gasteiger partial charge is 0.492 e. The van der Waals surface area contributed by atoms with Gasteiger partial charge in [0.1, 0.15) is 12.4 Å². The highest BCUT2D eigenvalue weighted by molar-refractivity contribution is 5.23. The summed E-state index contributed by atoms with van der Waals surface area (Å²) >= 11 is 0. The first-order valence-corrected chi connectivity index (χ1v) is 7.01. The van der Waals surface area contributed by atoms with Crippen LogP contribution in [0.3, 0.4) is 0 Å². The Morgan fingerprint density at radius 2 is 2.00 bits per heavy atom. The lowest BCUT2D eigenvalue weighted by Gasteiger charge is -2.31. The van der Waals surface area contributed by atoms with Crippen molar-refractivity contribution in [2.24, 2.45) is 0 Å². The maximum atomic E-state index is 13.0. The molecule has 20 heavy (non-hydrogen) atoms. The fourth-order valence-electron chi connectivity index (χ4n) is 2.75. The Morgan fingerprint density at radius 3 is 2.60 bits per heavy atom. The van der Waals surface area contributed by atoms with E-state index in [-0.39, 0.29) is 18.2 Å². The minimum Gasteiger partial charge on any atom is -0.492 e. The van der Waals surface area contributed by atoms with Crippen molar-refractivity contribution in [1.82, 2.24) is 5.32 Å². The van der Waals surface area contributed by atoms with Crippen LogP contribution < -0.4 is 10.1 Å². The summed E-state index contributed by atoms with van der Waals surface area (Å²) in [6, 6.07) is 3.52. The third-order valence-corrected chi connectivity index (χ3v) is 3.81. The molecule has 1 unspecified atom stereocenters. The van der Waals surface area contributed by atoms with E-state index >= 15 is 0 Å². The molecule has 1 saturated carbocycles. The molecule has 1 fully saturated rings. The molecular formula is C15H21F2NO2. The summed E-state index contributed by atoms with van der Waals surface area (Å²) in [5.41, 5.74) is -0.211. The SMILES string of the molecule is CC(COc1ccc(F)c(F)c1)NC1(CO)CCCC1. The van der Waals surface area contributed by atoms with Gasteiger partial charge in [-0.2, -0.15) is 0 Å². The molecule has 0 aromatic heterocycles. The molecule has 1 aliphatic rings. The number of hydrogen-bond donors (Lipinski definition) is 2. The zero-order valence-corrected chi connectivity index (χ0v) is 11.7. The van der Waals surface area contributed by atoms with Crippen LogP contribution >= 0.6 is 0 Å². The number of aliphatic hydroxyl groups is 1. The van der Waals surface area contributed by atoms with Crippen LogP contribution in [0.5, 0.6) is 5.75 Å². The summed E-state index contributed by atoms with van der Waals surface area (Å²) in [5.74, 6) is -1.48. The molecule has 1 aromatic rings. The van der Waals surface area contributed by atoms with E-state index in [9.17, 15) is 13.9 Å². The molecule has 5 heteroatoms. The van der Waals surface area contributed by atoms with Crippen LogP contribution in [0.1, 0.15) is 32.6 Å². The van der Waals surface area contributed by atoms with Gasteiger partial charge in [0.2, 0.25) is 0 Å². The highest BCUT2D eigenvalue weighted by atomic mass is 19.2. The Hall–Kier alpha value is -1.20. The van der Waals surface area contributed by atoms with E-state index in [1.165, 1.54) is 6.07 Å². The van der Waals surface area contributed by atoms with Gasteiger partial charge in [0, 0.05) is 17.6 Å². The Labute approximate surface area is 117 Å². The summed E-state index contributed by atoms with van der Waals surface area (Å²) in [6.45, 7) is 2.41. The second-order valence-electron chi connectivity index (χ2n) is 5.58. The number of hydrogen-bond acceptors (Lipinski definition) is 3. The van der Waals surface area contributed by atoms with E-state index < -0.39 is 11.6 Å². The predicted octanol–water partition coefficient (Wildman–Crippen LogP) is 2.63. The maximum Gasteiger partial charge on any atom is 0.162 e. The Morgan fingerprint density at radius 1 is 1.30 bits per heavy atom. The van der Waals surface area contributed by atoms with Crippen molar-refractivity contribution in [2.75, 3.05) is 13.2 Å². The molecule has 0 saturated heterocycles. The standard InChI is InChI=1S/C15H21F2NO2/c1-11(18-15(10-19)6-2-3-7-15)9-20-12-4-5-13(16)14(17)8-12/h4-5,8,11,18-19H,2-3,6-7,9-10H2,1H3. The van der Waals surface area contributed by atoms with Crippen LogP contribution in [-0.4, -0.2) is 29.9 Å². The predicted molar refractivity (Wildman–Crippen MR) is 72.7 cm³/mol. The fourth-order valence-corrected chi connectivity index (χ4v) is 2.75. The van der Waals surface area contributed by atoms with Gasteiger partial charge in [0.05, 0.1) is 6.61 Å². The average molecular weight is 285 g/mol. The molecule has 3 nitrogen and oxygen atoms in total. The quantitative estimate of drug-likeness (QED) is 0.844. The van der Waals surface area contributed by atoms with Crippen LogP contribution in [0.15, 0.2) is 18.2 Å². The van der Waals surface area contributed by atoms with Gasteiger partial charge in [0.15, 0.2) is 11.6 Å². The van der Waals surface area contributed by atoms with Crippen molar-refractivity contribution in [3.8, 4) is 5.75 Å². The number of ether oxygens (including phenoxy) is 1. The van der Waals surface area contributed by atoms with Crippen molar-refractivity contribution in [3.63, 3.8) is 0 Å². The van der Waals surface area contributed by atoms with E-state index in [1.807, 2.05) is 6.92 Å². The van der Waals surface area contributed by atoms with Crippen molar-refractivity contribution in [1.29, 1.82) is 0 Å². The first kappa shape index (κ1) is 15.2. The van der Waals surface area contributed by atoms with Crippen LogP contribution in [-0.2, 0) is 0 Å². The second-order valence-corrected chi connectivity index (χ2v) is 5.58. The summed E-state index contributed by atoms with van der Waals surface area (Å²) in [6.07, 6.45) is 4.15. The number of rotatable bonds is 6. The van der Waals surface area contributed by atoms with Crippen molar-refractivity contribution < 1.29 is 18.6 Å². The zero-order chi connectivity index (χ0) is 14.6. The molecular weight excluding hydrogens is 264 g/mol. The summed E-state index contributed by atoms with van der Waals surface area (Å²) < 4.78 is 31.3. The number of halogens is 2. The molecule has 2 N–H and O–H groups in total. The van der Waals surface area contributed by atoms with Gasteiger partial charge in [-0.15, -0.1) is 0 Å². The average Bonchev–Trinajstić information content (AvgIpc) is 2.89. The lowest BCUT2D eigenvalue weighted by atomic mass is 9.98. The minimum atomic E-state index is -0.911. The summed E-state index contributed by atoms with van der Waals surface area (Å²) in [7, 11) is 0. The Bertz CT molecular complexity index is 447. The lowest BCUT2D eigenvalue weighted by molar-refractivity contribution is 0.138. The van der Waals surface area contributed by atoms with Crippen molar-refractivity contribution in [2.45, 2.75) is 44.2 Å². The van der Waals surface area contributed by atoms with Crippen molar-refractivity contribution in [3.05, 3.63) is 29.8 Å². The van der Waals surface area contributed by atoms with Crippen LogP contribution in [0.2, 0.25) is 0 Å². The molecule has 0 bridgehead atoms. The van der Waals surface area contributed by atoms with Gasteiger partial charge >= 0.3 is 0 Å². The van der Waals surface area contributed by atoms with Crippen LogP contribution in [0.25, 0.3) is 0 Å². The Balaban J connectivity index is 1.85. The highest BCUT2D eigenvalue weighted by Crippen LogP contribution is 2.29. The molecule has 0 aliphatic heterocycles. The smallest absolute Gasteiger partial charge is 0.162 e. The molecule has 2 rings (SSSR count). The van der Waals surface area contributed by atoms with E-state index in [1.54, 1.807) is 0 Å². The highest BCUT2D eigenvalue weighted by Gasteiger charge is 2.34. The third-order valence-electron chi connectivity index (χ3n) is 3.81. The zero-order valence-electron chi connectivity index (χ0n) is 11.7. The van der Waals surface area contributed by atoms with Gasteiger partial charge in [-0.25, -0.2) is 8.78 Å². The van der Waals surface area contributed by atoms with Crippen LogP contribution in [0.4, 0.5) is 8.78 Å². The van der Waals surface area contributed by atoms with Gasteiger partial charge in [-0.05, 0) is 31.9 Å².